The van der Waals surface area contributed by atoms with Gasteiger partial charge in [-0.25, -0.2) is 9.97 Å². The molecule has 1 amide bonds. The third-order valence-electron chi connectivity index (χ3n) is 2.97. The Morgan fingerprint density at radius 1 is 1.29 bits per heavy atom. The lowest BCUT2D eigenvalue weighted by Crippen LogP contribution is -2.24. The van der Waals surface area contributed by atoms with Crippen LogP contribution in [0, 0.1) is 6.92 Å². The van der Waals surface area contributed by atoms with Crippen LogP contribution in [0.15, 0.2) is 43.0 Å². The average Bonchev–Trinajstić information content (AvgIpc) is 2.51. The number of para-hydroxylation sites is 1. The lowest BCUT2D eigenvalue weighted by molar-refractivity contribution is -0.136. The van der Waals surface area contributed by atoms with Gasteiger partial charge < -0.3 is 10.6 Å². The maximum Gasteiger partial charge on any atom is 0.418 e. The number of benzene rings is 1. The second-order valence-electron chi connectivity index (χ2n) is 4.89. The van der Waals surface area contributed by atoms with E-state index in [1.165, 1.54) is 30.3 Å². The van der Waals surface area contributed by atoms with E-state index in [9.17, 15) is 18.0 Å². The van der Waals surface area contributed by atoms with Crippen molar-refractivity contribution in [2.45, 2.75) is 13.1 Å². The molecule has 1 heterocycles. The minimum atomic E-state index is -4.52. The van der Waals surface area contributed by atoms with Crippen LogP contribution in [-0.4, -0.2) is 22.4 Å². The SMILES string of the molecule is C=CCNC(=O)c1cc(C)nc(Nc2ccccc2C(F)(F)F)n1. The Bertz CT molecular complexity index is 759. The Hall–Kier alpha value is -2.90. The van der Waals surface area contributed by atoms with Gasteiger partial charge in [0.2, 0.25) is 5.95 Å². The van der Waals surface area contributed by atoms with E-state index in [0.717, 1.165) is 6.07 Å². The van der Waals surface area contributed by atoms with Crippen LogP contribution in [0.4, 0.5) is 24.8 Å². The van der Waals surface area contributed by atoms with Gasteiger partial charge in [0.05, 0.1) is 11.3 Å². The first kappa shape index (κ1) is 17.5. The number of aryl methyl sites for hydroxylation is 1. The molecule has 2 aromatic rings. The van der Waals surface area contributed by atoms with Crippen molar-refractivity contribution >= 4 is 17.5 Å². The highest BCUT2D eigenvalue weighted by Crippen LogP contribution is 2.35. The fraction of sp³-hybridized carbons (Fsp3) is 0.188. The highest BCUT2D eigenvalue weighted by Gasteiger charge is 2.33. The molecule has 0 saturated heterocycles. The van der Waals surface area contributed by atoms with E-state index in [4.69, 9.17) is 0 Å². The standard InChI is InChI=1S/C16H15F3N4O/c1-3-8-20-14(24)13-9-10(2)21-15(23-13)22-12-7-5-4-6-11(12)16(17,18)19/h3-7,9H,1,8H2,2H3,(H,20,24)(H,21,22,23). The molecule has 2 N–H and O–H groups in total. The number of alkyl halides is 3. The molecule has 1 aromatic heterocycles. The van der Waals surface area contributed by atoms with E-state index >= 15 is 0 Å². The first-order chi connectivity index (χ1) is 11.3. The predicted octanol–water partition coefficient (Wildman–Crippen LogP) is 3.46. The monoisotopic (exact) mass is 336 g/mol. The quantitative estimate of drug-likeness (QED) is 0.821. The molecule has 1 aromatic carbocycles. The number of nitrogens with one attached hydrogen (secondary N) is 2. The van der Waals surface area contributed by atoms with Crippen LogP contribution < -0.4 is 10.6 Å². The molecule has 126 valence electrons. The number of rotatable bonds is 5. The van der Waals surface area contributed by atoms with Gasteiger partial charge in [-0.3, -0.25) is 4.79 Å². The minimum Gasteiger partial charge on any atom is -0.347 e. The smallest absolute Gasteiger partial charge is 0.347 e. The van der Waals surface area contributed by atoms with Crippen LogP contribution in [0.2, 0.25) is 0 Å². The maximum atomic E-state index is 13.0. The number of hydrogen-bond donors (Lipinski definition) is 2. The van der Waals surface area contributed by atoms with Gasteiger partial charge in [0.25, 0.3) is 5.91 Å². The maximum absolute atomic E-state index is 13.0. The average molecular weight is 336 g/mol. The first-order valence-electron chi connectivity index (χ1n) is 6.99. The molecule has 2 rings (SSSR count). The molecule has 0 aliphatic rings. The summed E-state index contributed by atoms with van der Waals surface area (Å²) in [5, 5.41) is 5.08. The number of anilines is 2. The van der Waals surface area contributed by atoms with Crippen molar-refractivity contribution in [3.8, 4) is 0 Å². The molecule has 0 aliphatic carbocycles. The molecular formula is C16H15F3N4O. The van der Waals surface area contributed by atoms with Crippen LogP contribution in [-0.2, 0) is 6.18 Å². The van der Waals surface area contributed by atoms with Gasteiger partial charge in [-0.1, -0.05) is 18.2 Å². The van der Waals surface area contributed by atoms with Crippen LogP contribution in [0.5, 0.6) is 0 Å². The van der Waals surface area contributed by atoms with Crippen LogP contribution in [0.3, 0.4) is 0 Å². The Labute approximate surface area is 136 Å². The second-order valence-corrected chi connectivity index (χ2v) is 4.89. The summed E-state index contributed by atoms with van der Waals surface area (Å²) in [6, 6.07) is 6.42. The number of nitrogens with zero attached hydrogens (tertiary/aromatic N) is 2. The number of halogens is 3. The molecular weight excluding hydrogens is 321 g/mol. The largest absolute Gasteiger partial charge is 0.418 e. The van der Waals surface area contributed by atoms with Crippen molar-refractivity contribution in [3.05, 3.63) is 59.9 Å². The summed E-state index contributed by atoms with van der Waals surface area (Å²) < 4.78 is 39.1. The summed E-state index contributed by atoms with van der Waals surface area (Å²) in [5.74, 6) is -0.553. The van der Waals surface area contributed by atoms with Gasteiger partial charge >= 0.3 is 6.18 Å². The van der Waals surface area contributed by atoms with Crippen LogP contribution in [0.25, 0.3) is 0 Å². The van der Waals surface area contributed by atoms with Gasteiger partial charge in [-0.2, -0.15) is 13.2 Å². The molecule has 24 heavy (non-hydrogen) atoms. The van der Waals surface area contributed by atoms with Crippen molar-refractivity contribution in [2.75, 3.05) is 11.9 Å². The summed E-state index contributed by atoms with van der Waals surface area (Å²) in [7, 11) is 0. The molecule has 0 unspecified atom stereocenters. The third kappa shape index (κ3) is 4.31. The number of carbonyl (C=O) groups is 1. The number of carbonyl (C=O) groups excluding carboxylic acids is 1. The van der Waals surface area contributed by atoms with Crippen molar-refractivity contribution in [1.29, 1.82) is 0 Å². The van der Waals surface area contributed by atoms with Gasteiger partial charge in [-0.05, 0) is 25.1 Å². The zero-order valence-electron chi connectivity index (χ0n) is 12.8. The van der Waals surface area contributed by atoms with E-state index in [2.05, 4.69) is 27.2 Å². The van der Waals surface area contributed by atoms with E-state index in [-0.39, 0.29) is 23.9 Å². The molecule has 0 radical (unpaired) electrons. The fourth-order valence-electron chi connectivity index (χ4n) is 1.96. The lowest BCUT2D eigenvalue weighted by Gasteiger charge is -2.14. The first-order valence-corrected chi connectivity index (χ1v) is 6.99. The summed E-state index contributed by atoms with van der Waals surface area (Å²) in [6.07, 6.45) is -3.01. The van der Waals surface area contributed by atoms with Gasteiger partial charge in [0.15, 0.2) is 0 Å². The normalized spacial score (nSPS) is 11.0. The van der Waals surface area contributed by atoms with Crippen molar-refractivity contribution in [1.82, 2.24) is 15.3 Å². The molecule has 0 bridgehead atoms. The zero-order chi connectivity index (χ0) is 17.7. The summed E-state index contributed by atoms with van der Waals surface area (Å²) in [6.45, 7) is 5.35. The number of aromatic nitrogens is 2. The predicted molar refractivity (Wildman–Crippen MR) is 84.0 cm³/mol. The topological polar surface area (TPSA) is 66.9 Å². The van der Waals surface area contributed by atoms with E-state index < -0.39 is 17.6 Å². The molecule has 0 fully saturated rings. The Kier molecular flexibility index (Phi) is 5.18. The lowest BCUT2D eigenvalue weighted by atomic mass is 10.1. The minimum absolute atomic E-state index is 0.0522. The van der Waals surface area contributed by atoms with E-state index in [0.29, 0.717) is 5.69 Å². The highest BCUT2D eigenvalue weighted by molar-refractivity contribution is 5.92. The van der Waals surface area contributed by atoms with E-state index in [1.807, 2.05) is 0 Å². The summed E-state index contributed by atoms with van der Waals surface area (Å²) >= 11 is 0. The van der Waals surface area contributed by atoms with Crippen molar-refractivity contribution < 1.29 is 18.0 Å². The van der Waals surface area contributed by atoms with Crippen LogP contribution in [0.1, 0.15) is 21.7 Å². The Morgan fingerprint density at radius 3 is 2.67 bits per heavy atom. The summed E-state index contributed by atoms with van der Waals surface area (Å²) in [5.41, 5.74) is -0.530. The van der Waals surface area contributed by atoms with Gasteiger partial charge in [0.1, 0.15) is 5.69 Å². The molecule has 8 heteroatoms. The Balaban J connectivity index is 2.33. The third-order valence-corrected chi connectivity index (χ3v) is 2.97. The van der Waals surface area contributed by atoms with Crippen molar-refractivity contribution in [3.63, 3.8) is 0 Å². The van der Waals surface area contributed by atoms with E-state index in [1.54, 1.807) is 6.92 Å². The Morgan fingerprint density at radius 2 is 2.00 bits per heavy atom. The fourth-order valence-corrected chi connectivity index (χ4v) is 1.96. The molecule has 0 atom stereocenters. The number of hydrogen-bond acceptors (Lipinski definition) is 4. The molecule has 0 spiro atoms. The second kappa shape index (κ2) is 7.12. The summed E-state index contributed by atoms with van der Waals surface area (Å²) in [4.78, 5) is 19.9. The number of amides is 1. The molecule has 5 nitrogen and oxygen atoms in total. The van der Waals surface area contributed by atoms with Gasteiger partial charge in [0, 0.05) is 12.2 Å². The molecule has 0 aliphatic heterocycles. The highest BCUT2D eigenvalue weighted by atomic mass is 19.4. The molecule has 0 saturated carbocycles. The van der Waals surface area contributed by atoms with Crippen molar-refractivity contribution in [2.24, 2.45) is 0 Å². The van der Waals surface area contributed by atoms with Crippen LogP contribution >= 0.6 is 0 Å². The van der Waals surface area contributed by atoms with Gasteiger partial charge in [-0.15, -0.1) is 6.58 Å². The zero-order valence-corrected chi connectivity index (χ0v) is 12.8.